The van der Waals surface area contributed by atoms with Crippen LogP contribution in [0.3, 0.4) is 0 Å². The number of nitrogens with one attached hydrogen (secondary N) is 1. The Morgan fingerprint density at radius 2 is 1.32 bits per heavy atom. The average Bonchev–Trinajstić information content (AvgIpc) is 2.85. The minimum Gasteiger partial charge on any atom is -0.357 e. The summed E-state index contributed by atoms with van der Waals surface area (Å²) in [5, 5.41) is 2.59. The Labute approximate surface area is 220 Å². The molecule has 0 radical (unpaired) electrons. The zero-order valence-electron chi connectivity index (χ0n) is 22.3. The molecule has 0 saturated carbocycles. The van der Waals surface area contributed by atoms with Gasteiger partial charge in [-0.2, -0.15) is 0 Å². The number of likely N-dealkylation sites (N-methyl/N-ethyl adjacent to an activating group) is 1. The predicted molar refractivity (Wildman–Crippen MR) is 147 cm³/mol. The minimum atomic E-state index is -4.08. The molecule has 0 saturated heterocycles. The fraction of sp³-hybridized carbons (Fsp3) is 0.310. The van der Waals surface area contributed by atoms with Gasteiger partial charge in [0.25, 0.3) is 10.0 Å². The lowest BCUT2D eigenvalue weighted by Crippen LogP contribution is -2.50. The van der Waals surface area contributed by atoms with Crippen LogP contribution in [-0.2, 0) is 26.2 Å². The molecule has 0 heterocycles. The molecule has 0 aromatic heterocycles. The maximum atomic E-state index is 13.9. The van der Waals surface area contributed by atoms with E-state index >= 15 is 0 Å². The van der Waals surface area contributed by atoms with Gasteiger partial charge in [-0.25, -0.2) is 8.42 Å². The van der Waals surface area contributed by atoms with Crippen molar-refractivity contribution in [3.63, 3.8) is 0 Å². The van der Waals surface area contributed by atoms with Gasteiger partial charge in [-0.1, -0.05) is 53.6 Å². The van der Waals surface area contributed by atoms with Crippen LogP contribution in [0.5, 0.6) is 0 Å². The summed E-state index contributed by atoms with van der Waals surface area (Å²) in [7, 11) is -2.57. The standard InChI is InChI=1S/C29H35N3O4S/c1-20-7-11-25(12-8-20)18-31(24(5)29(34)30-6)28(33)19-32(26-16-22(3)15-23(4)17-26)37(35,36)27-13-9-21(2)10-14-27/h7-17,24H,18-19H2,1-6H3,(H,30,34)/t24-/m0/s1. The molecule has 0 unspecified atom stereocenters. The minimum absolute atomic E-state index is 0.0921. The maximum absolute atomic E-state index is 13.9. The molecule has 0 aliphatic heterocycles. The fourth-order valence-electron chi connectivity index (χ4n) is 4.14. The van der Waals surface area contributed by atoms with Gasteiger partial charge in [0.15, 0.2) is 0 Å². The second-order valence-electron chi connectivity index (χ2n) is 9.47. The van der Waals surface area contributed by atoms with E-state index < -0.39 is 28.5 Å². The Bertz CT molecular complexity index is 1350. The monoisotopic (exact) mass is 521 g/mol. The molecule has 0 bridgehead atoms. The van der Waals surface area contributed by atoms with Crippen molar-refractivity contribution in [1.29, 1.82) is 0 Å². The largest absolute Gasteiger partial charge is 0.357 e. The number of nitrogens with zero attached hydrogens (tertiary/aromatic N) is 2. The third kappa shape index (κ3) is 6.77. The van der Waals surface area contributed by atoms with E-state index in [4.69, 9.17) is 0 Å². The number of rotatable bonds is 9. The highest BCUT2D eigenvalue weighted by Gasteiger charge is 2.32. The van der Waals surface area contributed by atoms with Crippen LogP contribution >= 0.6 is 0 Å². The first-order valence-corrected chi connectivity index (χ1v) is 13.6. The Hall–Kier alpha value is -3.65. The number of amides is 2. The van der Waals surface area contributed by atoms with E-state index in [-0.39, 0.29) is 17.3 Å². The molecular formula is C29H35N3O4S. The molecule has 3 rings (SSSR count). The van der Waals surface area contributed by atoms with Crippen molar-refractivity contribution in [1.82, 2.24) is 10.2 Å². The number of sulfonamides is 1. The number of carbonyl (C=O) groups excluding carboxylic acids is 2. The van der Waals surface area contributed by atoms with Crippen LogP contribution in [0.4, 0.5) is 5.69 Å². The first-order chi connectivity index (χ1) is 17.4. The summed E-state index contributed by atoms with van der Waals surface area (Å²) >= 11 is 0. The highest BCUT2D eigenvalue weighted by molar-refractivity contribution is 7.92. The molecule has 8 heteroatoms. The van der Waals surface area contributed by atoms with Gasteiger partial charge in [-0.15, -0.1) is 0 Å². The maximum Gasteiger partial charge on any atom is 0.264 e. The van der Waals surface area contributed by atoms with Gasteiger partial charge in [0.05, 0.1) is 10.6 Å². The van der Waals surface area contributed by atoms with Crippen LogP contribution in [0, 0.1) is 27.7 Å². The van der Waals surface area contributed by atoms with E-state index in [0.29, 0.717) is 5.69 Å². The van der Waals surface area contributed by atoms with E-state index in [9.17, 15) is 18.0 Å². The highest BCUT2D eigenvalue weighted by atomic mass is 32.2. The van der Waals surface area contributed by atoms with E-state index in [1.807, 2.05) is 58.0 Å². The van der Waals surface area contributed by atoms with Gasteiger partial charge in [-0.3, -0.25) is 13.9 Å². The third-order valence-corrected chi connectivity index (χ3v) is 8.06. The second kappa shape index (κ2) is 11.6. The van der Waals surface area contributed by atoms with E-state index in [1.165, 1.54) is 11.9 Å². The SMILES string of the molecule is CNC(=O)[C@H](C)N(Cc1ccc(C)cc1)C(=O)CN(c1cc(C)cc(C)c1)S(=O)(=O)c1ccc(C)cc1. The summed E-state index contributed by atoms with van der Waals surface area (Å²) in [5.74, 6) is -0.814. The lowest BCUT2D eigenvalue weighted by Gasteiger charge is -2.32. The summed E-state index contributed by atoms with van der Waals surface area (Å²) in [6.07, 6.45) is 0. The smallest absolute Gasteiger partial charge is 0.264 e. The molecule has 2 amide bonds. The van der Waals surface area contributed by atoms with Crippen LogP contribution in [0.15, 0.2) is 71.6 Å². The normalized spacial score (nSPS) is 12.1. The summed E-state index contributed by atoms with van der Waals surface area (Å²) in [4.78, 5) is 27.9. The number of hydrogen-bond donors (Lipinski definition) is 1. The predicted octanol–water partition coefficient (Wildman–Crippen LogP) is 4.28. The van der Waals surface area contributed by atoms with Crippen LogP contribution in [0.2, 0.25) is 0 Å². The van der Waals surface area contributed by atoms with Crippen molar-refractivity contribution in [3.8, 4) is 0 Å². The molecule has 1 atom stereocenters. The molecular weight excluding hydrogens is 486 g/mol. The van der Waals surface area contributed by atoms with Gasteiger partial charge >= 0.3 is 0 Å². The molecule has 196 valence electrons. The highest BCUT2D eigenvalue weighted by Crippen LogP contribution is 2.27. The van der Waals surface area contributed by atoms with Gasteiger partial charge in [-0.05, 0) is 75.6 Å². The zero-order valence-corrected chi connectivity index (χ0v) is 23.1. The van der Waals surface area contributed by atoms with E-state index in [2.05, 4.69) is 5.32 Å². The summed E-state index contributed by atoms with van der Waals surface area (Å²) in [5.41, 5.74) is 5.00. The van der Waals surface area contributed by atoms with Crippen LogP contribution in [0.1, 0.15) is 34.7 Å². The number of benzene rings is 3. The average molecular weight is 522 g/mol. The van der Waals surface area contributed by atoms with Crippen molar-refractivity contribution < 1.29 is 18.0 Å². The van der Waals surface area contributed by atoms with Gasteiger partial charge in [0, 0.05) is 13.6 Å². The van der Waals surface area contributed by atoms with Crippen molar-refractivity contribution in [2.24, 2.45) is 0 Å². The quantitative estimate of drug-likeness (QED) is 0.455. The molecule has 0 fully saturated rings. The Morgan fingerprint density at radius 3 is 1.84 bits per heavy atom. The Kier molecular flexibility index (Phi) is 8.76. The second-order valence-corrected chi connectivity index (χ2v) is 11.3. The Morgan fingerprint density at radius 1 is 0.811 bits per heavy atom. The molecule has 0 aliphatic rings. The number of aryl methyl sites for hydroxylation is 4. The van der Waals surface area contributed by atoms with Gasteiger partial charge in [0.2, 0.25) is 11.8 Å². The third-order valence-electron chi connectivity index (χ3n) is 6.27. The van der Waals surface area contributed by atoms with Crippen LogP contribution in [-0.4, -0.2) is 44.8 Å². The summed E-state index contributed by atoms with van der Waals surface area (Å²) in [6, 6.07) is 18.9. The lowest BCUT2D eigenvalue weighted by molar-refractivity contribution is -0.139. The van der Waals surface area contributed by atoms with Crippen LogP contribution < -0.4 is 9.62 Å². The van der Waals surface area contributed by atoms with Gasteiger partial charge < -0.3 is 10.2 Å². The van der Waals surface area contributed by atoms with Crippen molar-refractivity contribution in [2.75, 3.05) is 17.9 Å². The topological polar surface area (TPSA) is 86.8 Å². The van der Waals surface area contributed by atoms with Crippen molar-refractivity contribution >= 4 is 27.5 Å². The Balaban J connectivity index is 2.06. The molecule has 7 nitrogen and oxygen atoms in total. The number of anilines is 1. The molecule has 0 aliphatic carbocycles. The molecule has 37 heavy (non-hydrogen) atoms. The van der Waals surface area contributed by atoms with E-state index in [1.54, 1.807) is 43.3 Å². The number of hydrogen-bond acceptors (Lipinski definition) is 4. The summed E-state index contributed by atoms with van der Waals surface area (Å²) in [6.45, 7) is 8.97. The first-order valence-electron chi connectivity index (χ1n) is 12.2. The molecule has 3 aromatic rings. The van der Waals surface area contributed by atoms with E-state index in [0.717, 1.165) is 32.1 Å². The molecule has 3 aromatic carbocycles. The first kappa shape index (κ1) is 27.9. The van der Waals surface area contributed by atoms with Crippen molar-refractivity contribution in [3.05, 3.63) is 94.5 Å². The molecule has 0 spiro atoms. The zero-order chi connectivity index (χ0) is 27.3. The fourth-order valence-corrected chi connectivity index (χ4v) is 5.54. The van der Waals surface area contributed by atoms with Crippen molar-refractivity contribution in [2.45, 2.75) is 52.1 Å². The summed E-state index contributed by atoms with van der Waals surface area (Å²) < 4.78 is 28.9. The lowest BCUT2D eigenvalue weighted by atomic mass is 10.1. The molecule has 1 N–H and O–H groups in total. The van der Waals surface area contributed by atoms with Crippen LogP contribution in [0.25, 0.3) is 0 Å². The number of carbonyl (C=O) groups is 2. The van der Waals surface area contributed by atoms with Gasteiger partial charge in [0.1, 0.15) is 12.6 Å².